The van der Waals surface area contributed by atoms with Crippen LogP contribution in [0.2, 0.25) is 0 Å². The van der Waals surface area contributed by atoms with Gasteiger partial charge in [0.05, 0.1) is 0 Å². The second-order valence-corrected chi connectivity index (χ2v) is 6.89. The Balaban J connectivity index is 0.000000174. The zero-order chi connectivity index (χ0) is 13.3. The van der Waals surface area contributed by atoms with Crippen molar-refractivity contribution in [1.82, 2.24) is 0 Å². The van der Waals surface area contributed by atoms with E-state index in [9.17, 15) is 4.79 Å². The standard InChI is InChI=1S/C12H20.C4H6O2/c1-8-11-4-9-3-10(5-11)7-12(8,2)6-9;1-2-3-4(5)6/h8-11H,3-7H2,1-2H3;2-3H,1H3,(H,5,6). The minimum absolute atomic E-state index is 0.759. The highest BCUT2D eigenvalue weighted by Crippen LogP contribution is 2.62. The van der Waals surface area contributed by atoms with Crippen LogP contribution in [0.1, 0.15) is 52.9 Å². The van der Waals surface area contributed by atoms with Gasteiger partial charge in [0.2, 0.25) is 0 Å². The van der Waals surface area contributed by atoms with Crippen LogP contribution in [0.5, 0.6) is 0 Å². The van der Waals surface area contributed by atoms with Crippen LogP contribution in [0.25, 0.3) is 0 Å². The van der Waals surface area contributed by atoms with Gasteiger partial charge < -0.3 is 5.11 Å². The van der Waals surface area contributed by atoms with Crippen LogP contribution in [0.15, 0.2) is 12.2 Å². The Hall–Kier alpha value is -0.790. The van der Waals surface area contributed by atoms with Crippen LogP contribution in [0, 0.1) is 29.1 Å². The molecule has 18 heavy (non-hydrogen) atoms. The zero-order valence-electron chi connectivity index (χ0n) is 11.9. The monoisotopic (exact) mass is 250 g/mol. The first-order valence-corrected chi connectivity index (χ1v) is 7.30. The van der Waals surface area contributed by atoms with Crippen molar-refractivity contribution in [3.63, 3.8) is 0 Å². The van der Waals surface area contributed by atoms with Crippen LogP contribution in [-0.2, 0) is 4.79 Å². The number of carbonyl (C=O) groups is 1. The van der Waals surface area contributed by atoms with Gasteiger partial charge in [-0.2, -0.15) is 0 Å². The average molecular weight is 250 g/mol. The molecule has 3 unspecified atom stereocenters. The van der Waals surface area contributed by atoms with Crippen molar-refractivity contribution in [2.45, 2.75) is 52.9 Å². The summed E-state index contributed by atoms with van der Waals surface area (Å²) in [5, 5.41) is 7.83. The molecule has 2 heteroatoms. The van der Waals surface area contributed by atoms with Crippen LogP contribution in [0.3, 0.4) is 0 Å². The van der Waals surface area contributed by atoms with Crippen molar-refractivity contribution in [2.24, 2.45) is 29.1 Å². The molecular weight excluding hydrogens is 224 g/mol. The number of allylic oxidation sites excluding steroid dienone is 1. The molecule has 4 fully saturated rings. The zero-order valence-corrected chi connectivity index (χ0v) is 11.9. The van der Waals surface area contributed by atoms with Gasteiger partial charge in [-0.15, -0.1) is 0 Å². The summed E-state index contributed by atoms with van der Waals surface area (Å²) in [6, 6.07) is 0. The lowest BCUT2D eigenvalue weighted by atomic mass is 9.46. The molecule has 1 N–H and O–H groups in total. The van der Waals surface area contributed by atoms with Crippen molar-refractivity contribution in [2.75, 3.05) is 0 Å². The van der Waals surface area contributed by atoms with E-state index in [4.69, 9.17) is 5.11 Å². The summed E-state index contributed by atoms with van der Waals surface area (Å²) in [5.41, 5.74) is 0.759. The molecule has 0 saturated heterocycles. The third kappa shape index (κ3) is 2.62. The maximum atomic E-state index is 9.51. The Morgan fingerprint density at radius 1 is 1.22 bits per heavy atom. The van der Waals surface area contributed by atoms with E-state index in [-0.39, 0.29) is 0 Å². The minimum Gasteiger partial charge on any atom is -0.478 e. The fourth-order valence-corrected chi connectivity index (χ4v) is 4.84. The van der Waals surface area contributed by atoms with Gasteiger partial charge in [0, 0.05) is 6.08 Å². The number of rotatable bonds is 1. The molecule has 4 aliphatic carbocycles. The molecule has 0 amide bonds. The Labute approximate surface area is 110 Å². The highest BCUT2D eigenvalue weighted by molar-refractivity contribution is 5.79. The van der Waals surface area contributed by atoms with Crippen molar-refractivity contribution in [3.8, 4) is 0 Å². The number of hydrogen-bond donors (Lipinski definition) is 1. The summed E-state index contributed by atoms with van der Waals surface area (Å²) in [4.78, 5) is 9.51. The maximum absolute atomic E-state index is 9.51. The summed E-state index contributed by atoms with van der Waals surface area (Å²) >= 11 is 0. The quantitative estimate of drug-likeness (QED) is 0.711. The molecule has 0 spiro atoms. The van der Waals surface area contributed by atoms with E-state index < -0.39 is 5.97 Å². The second-order valence-electron chi connectivity index (χ2n) is 6.89. The van der Waals surface area contributed by atoms with Crippen LogP contribution in [0.4, 0.5) is 0 Å². The molecule has 4 bridgehead atoms. The van der Waals surface area contributed by atoms with E-state index in [0.717, 1.165) is 35.2 Å². The van der Waals surface area contributed by atoms with Gasteiger partial charge in [-0.1, -0.05) is 19.9 Å². The van der Waals surface area contributed by atoms with Crippen molar-refractivity contribution in [3.05, 3.63) is 12.2 Å². The SMILES string of the molecule is CC1C2CC3CC(C2)CC1(C)C3.CC=CC(=O)O. The average Bonchev–Trinajstić information content (AvgIpc) is 2.25. The summed E-state index contributed by atoms with van der Waals surface area (Å²) in [6.07, 6.45) is 10.4. The van der Waals surface area contributed by atoms with Crippen LogP contribution < -0.4 is 0 Å². The van der Waals surface area contributed by atoms with E-state index >= 15 is 0 Å². The summed E-state index contributed by atoms with van der Waals surface area (Å²) in [6.45, 7) is 6.73. The number of carboxylic acids is 1. The highest BCUT2D eigenvalue weighted by atomic mass is 16.4. The van der Waals surface area contributed by atoms with E-state index in [1.54, 1.807) is 39.0 Å². The lowest BCUT2D eigenvalue weighted by molar-refractivity contribution is -0.131. The molecule has 2 nitrogen and oxygen atoms in total. The van der Waals surface area contributed by atoms with Crippen LogP contribution >= 0.6 is 0 Å². The first kappa shape index (κ1) is 13.6. The predicted octanol–water partition coefficient (Wildman–Crippen LogP) is 4.12. The Morgan fingerprint density at radius 2 is 1.78 bits per heavy atom. The van der Waals surface area contributed by atoms with Crippen molar-refractivity contribution in [1.29, 1.82) is 0 Å². The minimum atomic E-state index is -0.891. The molecule has 4 aliphatic rings. The van der Waals surface area contributed by atoms with Gasteiger partial charge in [0.1, 0.15) is 0 Å². The molecule has 4 saturated carbocycles. The number of carboxylic acid groups (broad SMARTS) is 1. The molecule has 3 atom stereocenters. The molecule has 0 radical (unpaired) electrons. The smallest absolute Gasteiger partial charge is 0.327 e. The molecule has 0 aromatic carbocycles. The molecule has 0 aromatic heterocycles. The van der Waals surface area contributed by atoms with Gasteiger partial charge >= 0.3 is 5.97 Å². The summed E-state index contributed by atoms with van der Waals surface area (Å²) in [7, 11) is 0. The number of hydrogen-bond acceptors (Lipinski definition) is 1. The largest absolute Gasteiger partial charge is 0.478 e. The van der Waals surface area contributed by atoms with E-state index in [0.29, 0.717) is 0 Å². The van der Waals surface area contributed by atoms with E-state index in [1.165, 1.54) is 6.08 Å². The Kier molecular flexibility index (Phi) is 3.84. The summed E-state index contributed by atoms with van der Waals surface area (Å²) < 4.78 is 0. The third-order valence-electron chi connectivity index (χ3n) is 5.56. The van der Waals surface area contributed by atoms with Gasteiger partial charge in [-0.25, -0.2) is 4.79 Å². The Morgan fingerprint density at radius 3 is 2.11 bits per heavy atom. The normalized spacial score (nSPS) is 44.8. The van der Waals surface area contributed by atoms with Crippen molar-refractivity contribution >= 4 is 5.97 Å². The van der Waals surface area contributed by atoms with Gasteiger partial charge in [-0.05, 0) is 68.1 Å². The fourth-order valence-electron chi connectivity index (χ4n) is 4.84. The van der Waals surface area contributed by atoms with Gasteiger partial charge in [-0.3, -0.25) is 0 Å². The third-order valence-corrected chi connectivity index (χ3v) is 5.56. The highest BCUT2D eigenvalue weighted by Gasteiger charge is 2.52. The lowest BCUT2D eigenvalue weighted by Gasteiger charge is -2.59. The first-order valence-electron chi connectivity index (χ1n) is 7.30. The van der Waals surface area contributed by atoms with Crippen molar-refractivity contribution < 1.29 is 9.90 Å². The van der Waals surface area contributed by atoms with Crippen LogP contribution in [-0.4, -0.2) is 11.1 Å². The maximum Gasteiger partial charge on any atom is 0.327 e. The van der Waals surface area contributed by atoms with Gasteiger partial charge in [0.15, 0.2) is 0 Å². The molecule has 4 rings (SSSR count). The molecule has 102 valence electrons. The van der Waals surface area contributed by atoms with Gasteiger partial charge in [0.25, 0.3) is 0 Å². The van der Waals surface area contributed by atoms with E-state index in [1.807, 2.05) is 0 Å². The lowest BCUT2D eigenvalue weighted by Crippen LogP contribution is -2.50. The topological polar surface area (TPSA) is 37.3 Å². The molecular formula is C16H26O2. The molecule has 0 heterocycles. The molecule has 0 aromatic rings. The van der Waals surface area contributed by atoms with E-state index in [2.05, 4.69) is 13.8 Å². The number of aliphatic carboxylic acids is 1. The first-order chi connectivity index (χ1) is 8.44. The predicted molar refractivity (Wildman–Crippen MR) is 73.3 cm³/mol. The Bertz CT molecular complexity index is 331. The summed E-state index contributed by atoms with van der Waals surface area (Å²) in [5.74, 6) is 3.51. The molecule has 0 aliphatic heterocycles. The fraction of sp³-hybridized carbons (Fsp3) is 0.812. The second kappa shape index (κ2) is 5.07.